The van der Waals surface area contributed by atoms with E-state index < -0.39 is 30.7 Å². The first kappa shape index (κ1) is 24.7. The van der Waals surface area contributed by atoms with Crippen LogP contribution < -0.4 is 10.1 Å². The van der Waals surface area contributed by atoms with Crippen molar-refractivity contribution in [3.05, 3.63) is 29.6 Å². The fourth-order valence-corrected chi connectivity index (χ4v) is 5.40. The fraction of sp³-hybridized carbons (Fsp3) is 0.667. The molecule has 1 N–H and O–H groups in total. The van der Waals surface area contributed by atoms with Gasteiger partial charge in [0.2, 0.25) is 0 Å². The molecule has 1 aromatic rings. The molecule has 1 amide bonds. The first-order valence-corrected chi connectivity index (χ1v) is 11.8. The van der Waals surface area contributed by atoms with Crippen LogP contribution in [-0.2, 0) is 9.53 Å². The standard InChI is InChI=1S/C24H29F4N3O3/c25-17-3-1-5-20-23(17)15-6-8-16(9-7-15)33-13-19-18(30-21(10-11-29)24(26,27)28)4-2-12-31(19)22(32)14-34-20/h1,3,5,15-16,18-19,21,30H,2,4,6-10,12-14H2/t15?,16?,18-,19+,21+/m0/s1. The van der Waals surface area contributed by atoms with Gasteiger partial charge in [0.05, 0.1) is 31.2 Å². The molecule has 34 heavy (non-hydrogen) atoms. The van der Waals surface area contributed by atoms with Crippen molar-refractivity contribution in [1.82, 2.24) is 10.2 Å². The Morgan fingerprint density at radius 1 is 1.21 bits per heavy atom. The molecule has 1 aromatic carbocycles. The number of fused-ring (bicyclic) bond motifs is 5. The number of nitrogens with one attached hydrogen (secondary N) is 1. The summed E-state index contributed by atoms with van der Waals surface area (Å²) < 4.78 is 67.1. The third-order valence-electron chi connectivity index (χ3n) is 7.15. The molecule has 5 rings (SSSR count). The van der Waals surface area contributed by atoms with Gasteiger partial charge in [-0.05, 0) is 56.6 Å². The number of carbonyl (C=O) groups excluding carboxylic acids is 1. The highest BCUT2D eigenvalue weighted by Crippen LogP contribution is 2.40. The summed E-state index contributed by atoms with van der Waals surface area (Å²) in [5, 5.41) is 11.5. The second-order valence-corrected chi connectivity index (χ2v) is 9.27. The third-order valence-corrected chi connectivity index (χ3v) is 7.15. The molecule has 3 heterocycles. The van der Waals surface area contributed by atoms with Crippen LogP contribution in [0.1, 0.15) is 56.4 Å². The lowest BCUT2D eigenvalue weighted by molar-refractivity contribution is -0.161. The Morgan fingerprint density at radius 3 is 2.68 bits per heavy atom. The average molecular weight is 484 g/mol. The second kappa shape index (κ2) is 10.5. The van der Waals surface area contributed by atoms with Crippen molar-refractivity contribution >= 4 is 5.91 Å². The Bertz CT molecular complexity index is 912. The third kappa shape index (κ3) is 5.47. The number of halogens is 4. The van der Waals surface area contributed by atoms with Gasteiger partial charge < -0.3 is 19.7 Å². The maximum atomic E-state index is 14.7. The largest absolute Gasteiger partial charge is 0.483 e. The predicted molar refractivity (Wildman–Crippen MR) is 115 cm³/mol. The van der Waals surface area contributed by atoms with Crippen LogP contribution in [0.15, 0.2) is 18.2 Å². The molecule has 4 aliphatic rings. The lowest BCUT2D eigenvalue weighted by Crippen LogP contribution is -2.62. The van der Waals surface area contributed by atoms with E-state index >= 15 is 0 Å². The monoisotopic (exact) mass is 483 g/mol. The first-order valence-electron chi connectivity index (χ1n) is 11.8. The Kier molecular flexibility index (Phi) is 7.63. The summed E-state index contributed by atoms with van der Waals surface area (Å²) in [6, 6.07) is 2.90. The molecule has 1 saturated carbocycles. The van der Waals surface area contributed by atoms with Crippen LogP contribution in [0.25, 0.3) is 0 Å². The van der Waals surface area contributed by atoms with Crippen LogP contribution >= 0.6 is 0 Å². The van der Waals surface area contributed by atoms with E-state index in [1.165, 1.54) is 11.0 Å². The molecular weight excluding hydrogens is 454 g/mol. The zero-order chi connectivity index (χ0) is 24.3. The van der Waals surface area contributed by atoms with Crippen molar-refractivity contribution in [1.29, 1.82) is 5.26 Å². The van der Waals surface area contributed by atoms with Gasteiger partial charge in [-0.1, -0.05) is 6.07 Å². The van der Waals surface area contributed by atoms with Crippen LogP contribution in [0, 0.1) is 17.1 Å². The number of hydrogen-bond acceptors (Lipinski definition) is 5. The summed E-state index contributed by atoms with van der Waals surface area (Å²) >= 11 is 0. The van der Waals surface area contributed by atoms with Crippen molar-refractivity contribution in [2.75, 3.05) is 19.8 Å². The van der Waals surface area contributed by atoms with Crippen molar-refractivity contribution in [2.24, 2.45) is 0 Å². The van der Waals surface area contributed by atoms with E-state index in [2.05, 4.69) is 5.32 Å². The fourth-order valence-electron chi connectivity index (χ4n) is 5.40. The van der Waals surface area contributed by atoms with Crippen molar-refractivity contribution in [3.8, 4) is 11.8 Å². The van der Waals surface area contributed by atoms with Gasteiger partial charge in [0.1, 0.15) is 17.6 Å². The number of carbonyl (C=O) groups is 1. The smallest absolute Gasteiger partial charge is 0.404 e. The van der Waals surface area contributed by atoms with E-state index in [1.807, 2.05) is 0 Å². The highest BCUT2D eigenvalue weighted by atomic mass is 19.4. The van der Waals surface area contributed by atoms with Crippen LogP contribution in [0.4, 0.5) is 17.6 Å². The van der Waals surface area contributed by atoms with Crippen molar-refractivity contribution in [3.63, 3.8) is 0 Å². The average Bonchev–Trinajstić information content (AvgIpc) is 2.82. The number of rotatable bonds is 3. The number of nitriles is 1. The molecule has 3 atom stereocenters. The lowest BCUT2D eigenvalue weighted by Gasteiger charge is -2.43. The normalized spacial score (nSPS) is 28.9. The second-order valence-electron chi connectivity index (χ2n) is 9.27. The van der Waals surface area contributed by atoms with E-state index in [0.29, 0.717) is 56.4 Å². The Labute approximate surface area is 196 Å². The number of ether oxygens (including phenoxy) is 2. The van der Waals surface area contributed by atoms with E-state index in [4.69, 9.17) is 14.7 Å². The molecule has 1 saturated heterocycles. The molecule has 186 valence electrons. The Balaban J connectivity index is 1.60. The molecule has 3 aliphatic heterocycles. The van der Waals surface area contributed by atoms with E-state index in [9.17, 15) is 22.4 Å². The molecule has 6 nitrogen and oxygen atoms in total. The van der Waals surface area contributed by atoms with Gasteiger partial charge in [0.25, 0.3) is 5.91 Å². The molecular formula is C24H29F4N3O3. The van der Waals surface area contributed by atoms with Gasteiger partial charge in [-0.3, -0.25) is 4.79 Å². The minimum absolute atomic E-state index is 0.0394. The first-order chi connectivity index (χ1) is 16.3. The Morgan fingerprint density at radius 2 is 1.97 bits per heavy atom. The van der Waals surface area contributed by atoms with E-state index in [-0.39, 0.29) is 37.0 Å². The SMILES string of the molecule is N#CC[C@@H](N[C@H]1CCCN2C(=O)COc3cccc(F)c3C3CCC(CC3)OC[C@H]12)C(F)(F)F. The van der Waals surface area contributed by atoms with Crippen LogP contribution in [0.5, 0.6) is 5.75 Å². The molecule has 0 spiro atoms. The summed E-state index contributed by atoms with van der Waals surface area (Å²) in [6.07, 6.45) is -1.68. The predicted octanol–water partition coefficient (Wildman–Crippen LogP) is 4.05. The van der Waals surface area contributed by atoms with Crippen molar-refractivity contribution in [2.45, 2.75) is 81.3 Å². The van der Waals surface area contributed by atoms with E-state index in [1.54, 1.807) is 18.2 Å². The lowest BCUT2D eigenvalue weighted by atomic mass is 9.82. The van der Waals surface area contributed by atoms with Crippen LogP contribution in [0.3, 0.4) is 0 Å². The highest BCUT2D eigenvalue weighted by Gasteiger charge is 2.44. The molecule has 2 bridgehead atoms. The molecule has 0 aromatic heterocycles. The summed E-state index contributed by atoms with van der Waals surface area (Å²) in [5.74, 6) is -0.445. The van der Waals surface area contributed by atoms with Gasteiger partial charge in [-0.25, -0.2) is 4.39 Å². The zero-order valence-electron chi connectivity index (χ0n) is 18.8. The van der Waals surface area contributed by atoms with Gasteiger partial charge in [-0.2, -0.15) is 18.4 Å². The molecule has 10 heteroatoms. The molecule has 1 aliphatic carbocycles. The minimum atomic E-state index is -4.58. The number of piperidine rings is 1. The van der Waals surface area contributed by atoms with Gasteiger partial charge in [0, 0.05) is 18.2 Å². The topological polar surface area (TPSA) is 74.6 Å². The van der Waals surface area contributed by atoms with Crippen molar-refractivity contribution < 1.29 is 31.8 Å². The maximum Gasteiger partial charge on any atom is 0.404 e. The summed E-state index contributed by atoms with van der Waals surface area (Å²) in [5.41, 5.74) is 0.479. The quantitative estimate of drug-likeness (QED) is 0.657. The number of benzene rings is 1. The summed E-state index contributed by atoms with van der Waals surface area (Å²) in [6.45, 7) is 0.126. The number of amides is 1. The minimum Gasteiger partial charge on any atom is -0.483 e. The van der Waals surface area contributed by atoms with Crippen LogP contribution in [0.2, 0.25) is 0 Å². The molecule has 0 radical (unpaired) electrons. The van der Waals surface area contributed by atoms with Gasteiger partial charge in [-0.15, -0.1) is 0 Å². The summed E-state index contributed by atoms with van der Waals surface area (Å²) in [7, 11) is 0. The number of hydrogen-bond donors (Lipinski definition) is 1. The van der Waals surface area contributed by atoms with Gasteiger partial charge >= 0.3 is 6.18 Å². The molecule has 0 unspecified atom stereocenters. The maximum absolute atomic E-state index is 14.7. The zero-order valence-corrected chi connectivity index (χ0v) is 18.8. The van der Waals surface area contributed by atoms with E-state index in [0.717, 1.165) is 0 Å². The van der Waals surface area contributed by atoms with Crippen LogP contribution in [-0.4, -0.2) is 61.0 Å². The highest BCUT2D eigenvalue weighted by molar-refractivity contribution is 5.78. The number of nitrogens with zero attached hydrogens (tertiary/aromatic N) is 2. The number of alkyl halides is 3. The Hall–Kier alpha value is -2.38. The summed E-state index contributed by atoms with van der Waals surface area (Å²) in [4.78, 5) is 14.6. The van der Waals surface area contributed by atoms with Gasteiger partial charge in [0.15, 0.2) is 6.61 Å². The molecule has 2 fully saturated rings.